The van der Waals surface area contributed by atoms with E-state index in [4.69, 9.17) is 4.74 Å². The monoisotopic (exact) mass is 362 g/mol. The lowest BCUT2D eigenvalue weighted by Crippen LogP contribution is -2.43. The van der Waals surface area contributed by atoms with Crippen molar-refractivity contribution < 1.29 is 23.0 Å². The summed E-state index contributed by atoms with van der Waals surface area (Å²) < 4.78 is 46.7. The van der Waals surface area contributed by atoms with Crippen LogP contribution < -0.4 is 4.74 Å². The van der Waals surface area contributed by atoms with E-state index in [1.54, 1.807) is 0 Å². The van der Waals surface area contributed by atoms with Gasteiger partial charge in [0.15, 0.2) is 5.60 Å². The molecule has 138 valence electrons. The van der Waals surface area contributed by atoms with Crippen molar-refractivity contribution in [2.24, 2.45) is 5.92 Å². The van der Waals surface area contributed by atoms with Gasteiger partial charge in [0.25, 0.3) is 0 Å². The molecule has 0 aromatic heterocycles. The third kappa shape index (κ3) is 2.69. The molecule has 2 aliphatic rings. The molecule has 1 heterocycles. The number of alkyl halides is 3. The Hall–Kier alpha value is -2.01. The molecular formula is C21H21F3O2. The van der Waals surface area contributed by atoms with Crippen molar-refractivity contribution in [1.29, 1.82) is 0 Å². The molecule has 26 heavy (non-hydrogen) atoms. The number of rotatable bonds is 1. The fourth-order valence-corrected chi connectivity index (χ4v) is 4.38. The average Bonchev–Trinajstić information content (AvgIpc) is 2.94. The predicted molar refractivity (Wildman–Crippen MR) is 92.2 cm³/mol. The van der Waals surface area contributed by atoms with Crippen LogP contribution in [0.15, 0.2) is 42.5 Å². The number of halogens is 3. The van der Waals surface area contributed by atoms with Crippen LogP contribution in [0.1, 0.15) is 47.1 Å². The maximum atomic E-state index is 13.5. The van der Waals surface area contributed by atoms with Gasteiger partial charge in [-0.05, 0) is 49.8 Å². The molecular weight excluding hydrogens is 341 g/mol. The number of hydrogen-bond donors (Lipinski definition) is 1. The lowest BCUT2D eigenvalue weighted by atomic mass is 9.79. The van der Waals surface area contributed by atoms with Crippen LogP contribution in [0.3, 0.4) is 0 Å². The van der Waals surface area contributed by atoms with Gasteiger partial charge in [-0.3, -0.25) is 0 Å². The number of hydrogen-bond acceptors (Lipinski definition) is 2. The van der Waals surface area contributed by atoms with Gasteiger partial charge in [0.1, 0.15) is 11.9 Å². The van der Waals surface area contributed by atoms with E-state index >= 15 is 0 Å². The zero-order valence-corrected chi connectivity index (χ0v) is 14.7. The van der Waals surface area contributed by atoms with Crippen LogP contribution in [0.2, 0.25) is 0 Å². The first kappa shape index (κ1) is 17.4. The normalized spacial score (nSPS) is 30.5. The molecule has 4 atom stereocenters. The van der Waals surface area contributed by atoms with Gasteiger partial charge in [-0.1, -0.05) is 47.5 Å². The molecule has 0 saturated heterocycles. The highest BCUT2D eigenvalue weighted by Gasteiger charge is 2.63. The maximum Gasteiger partial charge on any atom is 0.417 e. The molecule has 1 saturated carbocycles. The largest absolute Gasteiger partial charge is 0.485 e. The molecule has 1 fully saturated rings. The fraction of sp³-hybridized carbons (Fsp3) is 0.429. The summed E-state index contributed by atoms with van der Waals surface area (Å²) in [6.45, 7) is 3.87. The SMILES string of the molecule is Cc1ccc([C@H]2Oc3ccc(C)cc3[C@H]3C[C@](O)(C(F)(F)F)C[C@H]32)cc1. The van der Waals surface area contributed by atoms with E-state index in [1.165, 1.54) is 0 Å². The van der Waals surface area contributed by atoms with Gasteiger partial charge < -0.3 is 9.84 Å². The Morgan fingerprint density at radius 2 is 1.65 bits per heavy atom. The molecule has 1 aliphatic heterocycles. The van der Waals surface area contributed by atoms with Crippen molar-refractivity contribution in [2.75, 3.05) is 0 Å². The van der Waals surface area contributed by atoms with E-state index in [0.29, 0.717) is 5.75 Å². The predicted octanol–water partition coefficient (Wildman–Crippen LogP) is 5.22. The van der Waals surface area contributed by atoms with Crippen molar-refractivity contribution in [2.45, 2.75) is 50.5 Å². The van der Waals surface area contributed by atoms with Crippen LogP contribution in [-0.2, 0) is 0 Å². The summed E-state index contributed by atoms with van der Waals surface area (Å²) in [5, 5.41) is 10.4. The first-order valence-corrected chi connectivity index (χ1v) is 8.81. The minimum Gasteiger partial charge on any atom is -0.485 e. The second kappa shape index (κ2) is 5.74. The minimum atomic E-state index is -4.65. The molecule has 0 radical (unpaired) electrons. The quantitative estimate of drug-likeness (QED) is 0.753. The summed E-state index contributed by atoms with van der Waals surface area (Å²) in [5.41, 5.74) is 1.01. The lowest BCUT2D eigenvalue weighted by Gasteiger charge is -2.36. The Morgan fingerprint density at radius 3 is 2.31 bits per heavy atom. The standard InChI is InChI=1S/C21H21F3O2/c1-12-3-6-14(7-4-12)19-17-11-20(25,21(22,23)24)10-16(17)15-9-13(2)5-8-18(15)26-19/h3-9,16-17,19,25H,10-11H2,1-2H3/t16-,17-,19-,20-/m1/s1. The Bertz CT molecular complexity index is 828. The first-order chi connectivity index (χ1) is 12.2. The molecule has 0 amide bonds. The zero-order chi connectivity index (χ0) is 18.7. The van der Waals surface area contributed by atoms with Crippen LogP contribution in [0.5, 0.6) is 5.75 Å². The van der Waals surface area contributed by atoms with Crippen molar-refractivity contribution in [3.63, 3.8) is 0 Å². The van der Waals surface area contributed by atoms with Gasteiger partial charge >= 0.3 is 6.18 Å². The molecule has 2 aromatic carbocycles. The Balaban J connectivity index is 1.81. The van der Waals surface area contributed by atoms with Crippen LogP contribution >= 0.6 is 0 Å². The van der Waals surface area contributed by atoms with Gasteiger partial charge in [-0.2, -0.15) is 13.2 Å². The highest BCUT2D eigenvalue weighted by atomic mass is 19.4. The first-order valence-electron chi connectivity index (χ1n) is 8.81. The van der Waals surface area contributed by atoms with Gasteiger partial charge in [-0.25, -0.2) is 0 Å². The summed E-state index contributed by atoms with van der Waals surface area (Å²) in [5.74, 6) is -0.177. The number of fused-ring (bicyclic) bond motifs is 3. The minimum absolute atomic E-state index is 0.316. The van der Waals surface area contributed by atoms with E-state index in [1.807, 2.05) is 56.3 Å². The van der Waals surface area contributed by atoms with Crippen molar-refractivity contribution >= 4 is 0 Å². The number of aryl methyl sites for hydroxylation is 2. The highest BCUT2D eigenvalue weighted by molar-refractivity contribution is 5.44. The third-order valence-electron chi connectivity index (χ3n) is 5.79. The summed E-state index contributed by atoms with van der Waals surface area (Å²) >= 11 is 0. The summed E-state index contributed by atoms with van der Waals surface area (Å²) in [6.07, 6.45) is -5.80. The van der Waals surface area contributed by atoms with Crippen molar-refractivity contribution in [1.82, 2.24) is 0 Å². The van der Waals surface area contributed by atoms with Gasteiger partial charge in [-0.15, -0.1) is 0 Å². The summed E-state index contributed by atoms with van der Waals surface area (Å²) in [4.78, 5) is 0. The van der Waals surface area contributed by atoms with Crippen LogP contribution in [0, 0.1) is 19.8 Å². The number of aliphatic hydroxyl groups is 1. The van der Waals surface area contributed by atoms with E-state index < -0.39 is 23.8 Å². The Kier molecular flexibility index (Phi) is 3.85. The van der Waals surface area contributed by atoms with Crippen molar-refractivity contribution in [3.05, 3.63) is 64.7 Å². The molecule has 1 N–H and O–H groups in total. The molecule has 0 unspecified atom stereocenters. The average molecular weight is 362 g/mol. The number of ether oxygens (including phenoxy) is 1. The zero-order valence-electron chi connectivity index (χ0n) is 14.7. The molecule has 2 aromatic rings. The molecule has 2 nitrogen and oxygen atoms in total. The molecule has 0 spiro atoms. The molecule has 0 bridgehead atoms. The second-order valence-electron chi connectivity index (χ2n) is 7.70. The smallest absolute Gasteiger partial charge is 0.417 e. The van der Waals surface area contributed by atoms with Crippen LogP contribution in [0.25, 0.3) is 0 Å². The molecule has 5 heteroatoms. The third-order valence-corrected chi connectivity index (χ3v) is 5.79. The molecule has 4 rings (SSSR count). The summed E-state index contributed by atoms with van der Waals surface area (Å²) in [7, 11) is 0. The van der Waals surface area contributed by atoms with E-state index in [-0.39, 0.29) is 18.8 Å². The summed E-state index contributed by atoms with van der Waals surface area (Å²) in [6, 6.07) is 13.3. The fourth-order valence-electron chi connectivity index (χ4n) is 4.38. The van der Waals surface area contributed by atoms with E-state index in [9.17, 15) is 18.3 Å². The lowest BCUT2D eigenvalue weighted by molar-refractivity contribution is -0.258. The van der Waals surface area contributed by atoms with Crippen molar-refractivity contribution in [3.8, 4) is 5.75 Å². The van der Waals surface area contributed by atoms with Crippen LogP contribution in [0.4, 0.5) is 13.2 Å². The Morgan fingerprint density at radius 1 is 1.00 bits per heavy atom. The van der Waals surface area contributed by atoms with Gasteiger partial charge in [0.2, 0.25) is 0 Å². The van der Waals surface area contributed by atoms with E-state index in [0.717, 1.165) is 22.3 Å². The maximum absolute atomic E-state index is 13.5. The Labute approximate surface area is 150 Å². The topological polar surface area (TPSA) is 29.5 Å². The second-order valence-corrected chi connectivity index (χ2v) is 7.70. The highest BCUT2D eigenvalue weighted by Crippen LogP contribution is 2.60. The van der Waals surface area contributed by atoms with Gasteiger partial charge in [0.05, 0.1) is 0 Å². The number of benzene rings is 2. The van der Waals surface area contributed by atoms with Crippen LogP contribution in [-0.4, -0.2) is 16.9 Å². The molecule has 1 aliphatic carbocycles. The van der Waals surface area contributed by atoms with Gasteiger partial charge in [0, 0.05) is 5.92 Å². The van der Waals surface area contributed by atoms with E-state index in [2.05, 4.69) is 0 Å².